The van der Waals surface area contributed by atoms with Crippen LogP contribution in [0.4, 0.5) is 0 Å². The van der Waals surface area contributed by atoms with Crippen molar-refractivity contribution < 1.29 is 9.47 Å². The second-order valence-electron chi connectivity index (χ2n) is 3.52. The summed E-state index contributed by atoms with van der Waals surface area (Å²) in [6.45, 7) is 3.36. The molecular weight excluding hydrogens is 244 g/mol. The van der Waals surface area contributed by atoms with E-state index < -0.39 is 0 Å². The number of rotatable bonds is 1. The van der Waals surface area contributed by atoms with E-state index in [1.165, 1.54) is 5.56 Å². The molecule has 76 valence electrons. The maximum absolute atomic E-state index is 5.68. The summed E-state index contributed by atoms with van der Waals surface area (Å²) >= 11 is 3.41. The number of halogens is 1. The molecule has 2 atom stereocenters. The molecule has 2 nitrogen and oxygen atoms in total. The van der Waals surface area contributed by atoms with E-state index in [2.05, 4.69) is 28.1 Å². The third-order valence-corrected chi connectivity index (χ3v) is 2.83. The minimum Gasteiger partial charge on any atom is -0.373 e. The van der Waals surface area contributed by atoms with Crippen LogP contribution < -0.4 is 0 Å². The lowest BCUT2D eigenvalue weighted by atomic mass is 10.1. The largest absolute Gasteiger partial charge is 0.373 e. The zero-order valence-electron chi connectivity index (χ0n) is 8.07. The summed E-state index contributed by atoms with van der Waals surface area (Å²) in [6.07, 6.45) is 0.320. The molecular formula is C11H13BrO2. The van der Waals surface area contributed by atoms with Gasteiger partial charge in [-0.05, 0) is 24.6 Å². The first-order valence-corrected chi connectivity index (χ1v) is 5.53. The molecule has 0 aromatic heterocycles. The molecule has 14 heavy (non-hydrogen) atoms. The zero-order valence-corrected chi connectivity index (χ0v) is 9.66. The zero-order chi connectivity index (χ0) is 9.97. The van der Waals surface area contributed by atoms with Crippen LogP contribution in [-0.2, 0) is 9.47 Å². The molecule has 2 rings (SSSR count). The Kier molecular flexibility index (Phi) is 3.21. The van der Waals surface area contributed by atoms with E-state index in [0.717, 1.165) is 4.47 Å². The van der Waals surface area contributed by atoms with Crippen LogP contribution in [0, 0.1) is 0 Å². The molecule has 1 aromatic rings. The van der Waals surface area contributed by atoms with Gasteiger partial charge in [0.15, 0.2) is 0 Å². The van der Waals surface area contributed by atoms with Crippen molar-refractivity contribution in [3.05, 3.63) is 34.3 Å². The maximum Gasteiger partial charge on any atom is 0.106 e. The Labute approximate surface area is 92.3 Å². The lowest BCUT2D eigenvalue weighted by Crippen LogP contribution is -2.28. The first kappa shape index (κ1) is 10.1. The second-order valence-corrected chi connectivity index (χ2v) is 4.43. The summed E-state index contributed by atoms with van der Waals surface area (Å²) in [4.78, 5) is 0. The topological polar surface area (TPSA) is 18.5 Å². The Balaban J connectivity index is 2.05. The highest BCUT2D eigenvalue weighted by molar-refractivity contribution is 9.10. The van der Waals surface area contributed by atoms with Crippen molar-refractivity contribution in [3.63, 3.8) is 0 Å². The highest BCUT2D eigenvalue weighted by atomic mass is 79.9. The molecule has 0 N–H and O–H groups in total. The summed E-state index contributed by atoms with van der Waals surface area (Å²) in [5.74, 6) is 0. The fraction of sp³-hybridized carbons (Fsp3) is 0.455. The van der Waals surface area contributed by atoms with Gasteiger partial charge in [-0.2, -0.15) is 0 Å². The lowest BCUT2D eigenvalue weighted by Gasteiger charge is -2.27. The third-order valence-electron chi connectivity index (χ3n) is 2.31. The van der Waals surface area contributed by atoms with Gasteiger partial charge in [0.25, 0.3) is 0 Å². The van der Waals surface area contributed by atoms with E-state index in [9.17, 15) is 0 Å². The van der Waals surface area contributed by atoms with Crippen LogP contribution in [0.3, 0.4) is 0 Å². The molecule has 0 saturated carbocycles. The van der Waals surface area contributed by atoms with E-state index in [-0.39, 0.29) is 12.2 Å². The van der Waals surface area contributed by atoms with E-state index in [1.54, 1.807) is 0 Å². The second kappa shape index (κ2) is 4.43. The Bertz CT molecular complexity index is 289. The fourth-order valence-corrected chi connectivity index (χ4v) is 1.73. The number of hydrogen-bond acceptors (Lipinski definition) is 2. The predicted octanol–water partition coefficient (Wildman–Crippen LogP) is 2.93. The molecule has 1 aromatic carbocycles. The molecule has 1 aliphatic rings. The van der Waals surface area contributed by atoms with E-state index in [1.807, 2.05) is 19.1 Å². The SMILES string of the molecule is CC1COC(c2ccc(Br)cc2)CO1. The smallest absolute Gasteiger partial charge is 0.106 e. The summed E-state index contributed by atoms with van der Waals surface area (Å²) in [6, 6.07) is 8.18. The molecule has 0 bridgehead atoms. The summed E-state index contributed by atoms with van der Waals surface area (Å²) in [7, 11) is 0. The highest BCUT2D eigenvalue weighted by Crippen LogP contribution is 2.23. The lowest BCUT2D eigenvalue weighted by molar-refractivity contribution is -0.128. The van der Waals surface area contributed by atoms with Gasteiger partial charge in [-0.1, -0.05) is 28.1 Å². The van der Waals surface area contributed by atoms with Crippen molar-refractivity contribution in [2.75, 3.05) is 13.2 Å². The number of benzene rings is 1. The Morgan fingerprint density at radius 1 is 1.14 bits per heavy atom. The Hall–Kier alpha value is -0.380. The molecule has 1 heterocycles. The van der Waals surface area contributed by atoms with Gasteiger partial charge < -0.3 is 9.47 Å². The standard InChI is InChI=1S/C11H13BrO2/c1-8-6-14-11(7-13-8)9-2-4-10(12)5-3-9/h2-5,8,11H,6-7H2,1H3. The minimum absolute atomic E-state index is 0.0966. The van der Waals surface area contributed by atoms with Gasteiger partial charge in [-0.3, -0.25) is 0 Å². The third kappa shape index (κ3) is 2.35. The van der Waals surface area contributed by atoms with Gasteiger partial charge in [0.1, 0.15) is 6.10 Å². The predicted molar refractivity (Wildman–Crippen MR) is 58.2 cm³/mol. The molecule has 0 radical (unpaired) electrons. The number of hydrogen-bond donors (Lipinski definition) is 0. The van der Waals surface area contributed by atoms with E-state index in [4.69, 9.17) is 9.47 Å². The van der Waals surface area contributed by atoms with Crippen molar-refractivity contribution in [3.8, 4) is 0 Å². The molecule has 2 unspecified atom stereocenters. The Morgan fingerprint density at radius 2 is 1.86 bits per heavy atom. The molecule has 0 amide bonds. The van der Waals surface area contributed by atoms with Gasteiger partial charge in [0.2, 0.25) is 0 Å². The van der Waals surface area contributed by atoms with Crippen LogP contribution >= 0.6 is 15.9 Å². The van der Waals surface area contributed by atoms with Gasteiger partial charge >= 0.3 is 0 Å². The molecule has 1 aliphatic heterocycles. The average molecular weight is 257 g/mol. The first-order chi connectivity index (χ1) is 6.75. The average Bonchev–Trinajstić information content (AvgIpc) is 2.21. The van der Waals surface area contributed by atoms with Crippen LogP contribution in [0.2, 0.25) is 0 Å². The summed E-state index contributed by atoms with van der Waals surface area (Å²) < 4.78 is 12.3. The molecule has 1 saturated heterocycles. The van der Waals surface area contributed by atoms with Gasteiger partial charge in [0.05, 0.1) is 19.3 Å². The van der Waals surface area contributed by atoms with Crippen LogP contribution in [0.25, 0.3) is 0 Å². The molecule has 0 aliphatic carbocycles. The van der Waals surface area contributed by atoms with E-state index in [0.29, 0.717) is 13.2 Å². The van der Waals surface area contributed by atoms with Crippen molar-refractivity contribution in [1.82, 2.24) is 0 Å². The summed E-state index contributed by atoms with van der Waals surface area (Å²) in [5, 5.41) is 0. The van der Waals surface area contributed by atoms with E-state index >= 15 is 0 Å². The van der Waals surface area contributed by atoms with Crippen LogP contribution in [0.1, 0.15) is 18.6 Å². The minimum atomic E-state index is 0.0966. The Morgan fingerprint density at radius 3 is 2.43 bits per heavy atom. The fourth-order valence-electron chi connectivity index (χ4n) is 1.47. The molecule has 1 fully saturated rings. The van der Waals surface area contributed by atoms with Crippen molar-refractivity contribution >= 4 is 15.9 Å². The van der Waals surface area contributed by atoms with Gasteiger partial charge in [-0.25, -0.2) is 0 Å². The monoisotopic (exact) mass is 256 g/mol. The molecule has 0 spiro atoms. The van der Waals surface area contributed by atoms with Crippen molar-refractivity contribution in [1.29, 1.82) is 0 Å². The molecule has 3 heteroatoms. The first-order valence-electron chi connectivity index (χ1n) is 4.74. The van der Waals surface area contributed by atoms with Crippen LogP contribution in [0.15, 0.2) is 28.7 Å². The van der Waals surface area contributed by atoms with Crippen LogP contribution in [-0.4, -0.2) is 19.3 Å². The normalized spacial score (nSPS) is 27.6. The van der Waals surface area contributed by atoms with Crippen LogP contribution in [0.5, 0.6) is 0 Å². The van der Waals surface area contributed by atoms with Gasteiger partial charge in [0, 0.05) is 4.47 Å². The highest BCUT2D eigenvalue weighted by Gasteiger charge is 2.20. The number of ether oxygens (including phenoxy) is 2. The maximum atomic E-state index is 5.68. The van der Waals surface area contributed by atoms with Crippen molar-refractivity contribution in [2.45, 2.75) is 19.1 Å². The van der Waals surface area contributed by atoms with Crippen molar-refractivity contribution in [2.24, 2.45) is 0 Å². The summed E-state index contributed by atoms with van der Waals surface area (Å²) in [5.41, 5.74) is 1.18. The van der Waals surface area contributed by atoms with Gasteiger partial charge in [-0.15, -0.1) is 0 Å². The quantitative estimate of drug-likeness (QED) is 0.770.